The maximum Gasteiger partial charge on any atom is 0.253 e. The Hall–Kier alpha value is -1.85. The monoisotopic (exact) mass is 286 g/mol. The quantitative estimate of drug-likeness (QED) is 0.764. The number of nitrogens with one attached hydrogen (secondary N) is 1. The van der Waals surface area contributed by atoms with Crippen molar-refractivity contribution in [2.24, 2.45) is 11.8 Å². The molecule has 2 aromatic heterocycles. The lowest BCUT2D eigenvalue weighted by Gasteiger charge is -2.41. The molecular weight excluding hydrogens is 268 g/mol. The second-order valence-corrected chi connectivity index (χ2v) is 6.16. The fourth-order valence-electron chi connectivity index (χ4n) is 3.84. The average molecular weight is 286 g/mol. The van der Waals surface area contributed by atoms with Gasteiger partial charge in [-0.05, 0) is 42.9 Å². The van der Waals surface area contributed by atoms with Gasteiger partial charge in [0, 0.05) is 18.4 Å². The molecule has 0 unspecified atom stereocenters. The van der Waals surface area contributed by atoms with Crippen LogP contribution in [0.25, 0.3) is 5.52 Å². The standard InChI is InChI=1S/C16H18N2O3/c19-14-8-10-11(15(14)20)7-12(10)17-16(21)9-4-6-18-5-2-1-3-13(9)18/h1-6,10-12,14-15,19-20H,7-8H2,(H,17,21)/t10-,11-,12+,14-,15+/m1/s1. The molecular formula is C16H18N2O3. The summed E-state index contributed by atoms with van der Waals surface area (Å²) in [6.07, 6.45) is 3.84. The number of rotatable bonds is 2. The van der Waals surface area contributed by atoms with Gasteiger partial charge in [0.1, 0.15) is 0 Å². The van der Waals surface area contributed by atoms with Crippen LogP contribution in [0.2, 0.25) is 0 Å². The van der Waals surface area contributed by atoms with Crippen LogP contribution in [0.15, 0.2) is 36.7 Å². The predicted octanol–water partition coefficient (Wildman–Crippen LogP) is 0.799. The molecule has 110 valence electrons. The van der Waals surface area contributed by atoms with E-state index < -0.39 is 12.2 Å². The van der Waals surface area contributed by atoms with Gasteiger partial charge < -0.3 is 19.9 Å². The lowest BCUT2D eigenvalue weighted by atomic mass is 9.70. The molecule has 0 spiro atoms. The molecule has 4 rings (SSSR count). The average Bonchev–Trinajstić information content (AvgIpc) is 2.99. The number of aliphatic hydroxyl groups is 2. The van der Waals surface area contributed by atoms with E-state index >= 15 is 0 Å². The zero-order valence-electron chi connectivity index (χ0n) is 11.5. The summed E-state index contributed by atoms with van der Waals surface area (Å²) in [4.78, 5) is 12.4. The predicted molar refractivity (Wildman–Crippen MR) is 76.9 cm³/mol. The molecule has 0 bridgehead atoms. The minimum absolute atomic E-state index is 0.0629. The van der Waals surface area contributed by atoms with Crippen LogP contribution in [0, 0.1) is 11.8 Å². The van der Waals surface area contributed by atoms with Gasteiger partial charge in [-0.2, -0.15) is 0 Å². The van der Waals surface area contributed by atoms with Gasteiger partial charge >= 0.3 is 0 Å². The van der Waals surface area contributed by atoms with Crippen LogP contribution in [0.4, 0.5) is 0 Å². The Morgan fingerprint density at radius 1 is 1.14 bits per heavy atom. The normalized spacial score (nSPS) is 34.5. The van der Waals surface area contributed by atoms with Crippen LogP contribution in [0.3, 0.4) is 0 Å². The first-order valence-electron chi connectivity index (χ1n) is 7.38. The van der Waals surface area contributed by atoms with E-state index in [-0.39, 0.29) is 23.8 Å². The van der Waals surface area contributed by atoms with E-state index in [2.05, 4.69) is 5.32 Å². The molecule has 0 aliphatic heterocycles. The zero-order chi connectivity index (χ0) is 14.6. The largest absolute Gasteiger partial charge is 0.390 e. The van der Waals surface area contributed by atoms with Crippen LogP contribution in [-0.2, 0) is 0 Å². The molecule has 2 aliphatic carbocycles. The van der Waals surface area contributed by atoms with Crippen LogP contribution >= 0.6 is 0 Å². The number of amides is 1. The number of aliphatic hydroxyl groups excluding tert-OH is 2. The third-order valence-corrected chi connectivity index (χ3v) is 5.07. The van der Waals surface area contributed by atoms with Crippen molar-refractivity contribution >= 4 is 11.4 Å². The van der Waals surface area contributed by atoms with Crippen molar-refractivity contribution in [1.29, 1.82) is 0 Å². The van der Waals surface area contributed by atoms with Crippen molar-refractivity contribution in [2.45, 2.75) is 31.1 Å². The number of carbonyl (C=O) groups excluding carboxylic acids is 1. The second-order valence-electron chi connectivity index (χ2n) is 6.16. The number of fused-ring (bicyclic) bond motifs is 2. The molecule has 0 aromatic carbocycles. The van der Waals surface area contributed by atoms with Crippen molar-refractivity contribution in [3.63, 3.8) is 0 Å². The summed E-state index contributed by atoms with van der Waals surface area (Å²) < 4.78 is 1.92. The Morgan fingerprint density at radius 2 is 2.00 bits per heavy atom. The van der Waals surface area contributed by atoms with Gasteiger partial charge in [-0.3, -0.25) is 4.79 Å². The molecule has 2 fully saturated rings. The minimum Gasteiger partial charge on any atom is -0.390 e. The first-order chi connectivity index (χ1) is 10.1. The van der Waals surface area contributed by atoms with Gasteiger partial charge in [0.05, 0.1) is 23.3 Å². The molecule has 2 aliphatic rings. The van der Waals surface area contributed by atoms with Crippen molar-refractivity contribution in [3.05, 3.63) is 42.2 Å². The molecule has 3 N–H and O–H groups in total. The maximum atomic E-state index is 12.4. The van der Waals surface area contributed by atoms with Crippen LogP contribution in [-0.4, -0.2) is 38.8 Å². The lowest BCUT2D eigenvalue weighted by Crippen LogP contribution is -2.52. The highest BCUT2D eigenvalue weighted by Crippen LogP contribution is 2.47. The maximum absolute atomic E-state index is 12.4. The zero-order valence-corrected chi connectivity index (χ0v) is 11.5. The lowest BCUT2D eigenvalue weighted by molar-refractivity contribution is -0.00456. The highest BCUT2D eigenvalue weighted by Gasteiger charge is 2.53. The van der Waals surface area contributed by atoms with Gasteiger partial charge in [0.15, 0.2) is 0 Å². The van der Waals surface area contributed by atoms with E-state index in [1.807, 2.05) is 41.1 Å². The topological polar surface area (TPSA) is 74.0 Å². The Kier molecular flexibility index (Phi) is 2.80. The number of hydrogen-bond donors (Lipinski definition) is 3. The van der Waals surface area contributed by atoms with Gasteiger partial charge in [0.2, 0.25) is 0 Å². The molecule has 1 amide bonds. The number of nitrogens with zero attached hydrogens (tertiary/aromatic N) is 1. The number of hydrogen-bond acceptors (Lipinski definition) is 3. The third-order valence-electron chi connectivity index (χ3n) is 5.07. The van der Waals surface area contributed by atoms with Crippen LogP contribution < -0.4 is 5.32 Å². The van der Waals surface area contributed by atoms with Gasteiger partial charge in [-0.25, -0.2) is 0 Å². The smallest absolute Gasteiger partial charge is 0.253 e. The number of carbonyl (C=O) groups is 1. The molecule has 5 atom stereocenters. The minimum atomic E-state index is -0.641. The summed E-state index contributed by atoms with van der Waals surface area (Å²) in [6.45, 7) is 0. The molecule has 0 radical (unpaired) electrons. The number of aromatic nitrogens is 1. The summed E-state index contributed by atoms with van der Waals surface area (Å²) in [5, 5.41) is 22.5. The fraction of sp³-hybridized carbons (Fsp3) is 0.438. The molecule has 5 heteroatoms. The van der Waals surface area contributed by atoms with Crippen LogP contribution in [0.1, 0.15) is 23.2 Å². The summed E-state index contributed by atoms with van der Waals surface area (Å²) in [7, 11) is 0. The van der Waals surface area contributed by atoms with Crippen molar-refractivity contribution in [3.8, 4) is 0 Å². The first-order valence-corrected chi connectivity index (χ1v) is 7.38. The summed E-state index contributed by atoms with van der Waals surface area (Å²) in [5.41, 5.74) is 1.55. The third kappa shape index (κ3) is 1.88. The van der Waals surface area contributed by atoms with Crippen LogP contribution in [0.5, 0.6) is 0 Å². The van der Waals surface area contributed by atoms with Crippen molar-refractivity contribution in [1.82, 2.24) is 9.72 Å². The van der Waals surface area contributed by atoms with E-state index in [1.54, 1.807) is 0 Å². The Balaban J connectivity index is 1.50. The summed E-state index contributed by atoms with van der Waals surface area (Å²) in [5.74, 6) is 0.256. The second kappa shape index (κ2) is 4.58. The molecule has 2 heterocycles. The molecule has 21 heavy (non-hydrogen) atoms. The summed E-state index contributed by atoms with van der Waals surface area (Å²) >= 11 is 0. The first kappa shape index (κ1) is 12.9. The fourth-order valence-corrected chi connectivity index (χ4v) is 3.84. The van der Waals surface area contributed by atoms with E-state index in [0.29, 0.717) is 12.0 Å². The van der Waals surface area contributed by atoms with Gasteiger partial charge in [-0.15, -0.1) is 0 Å². The van der Waals surface area contributed by atoms with Gasteiger partial charge in [-0.1, -0.05) is 6.07 Å². The highest BCUT2D eigenvalue weighted by molar-refractivity contribution is 6.01. The SMILES string of the molecule is O=C(N[C@H]1C[C@H]2[C@H](O)[C@H](O)C[C@H]21)c1ccn2ccccc12. The summed E-state index contributed by atoms with van der Waals surface area (Å²) in [6, 6.07) is 7.63. The van der Waals surface area contributed by atoms with E-state index in [1.165, 1.54) is 0 Å². The van der Waals surface area contributed by atoms with Gasteiger partial charge in [0.25, 0.3) is 5.91 Å². The molecule has 5 nitrogen and oxygen atoms in total. The van der Waals surface area contributed by atoms with Crippen molar-refractivity contribution in [2.75, 3.05) is 0 Å². The molecule has 2 saturated carbocycles. The van der Waals surface area contributed by atoms with E-state index in [4.69, 9.17) is 0 Å². The molecule has 2 aromatic rings. The van der Waals surface area contributed by atoms with Crippen molar-refractivity contribution < 1.29 is 15.0 Å². The van der Waals surface area contributed by atoms with E-state index in [0.717, 1.165) is 11.9 Å². The molecule has 0 saturated heterocycles. The van der Waals surface area contributed by atoms with E-state index in [9.17, 15) is 15.0 Å². The number of pyridine rings is 1. The highest BCUT2D eigenvalue weighted by atomic mass is 16.3. The Bertz CT molecular complexity index is 696. The Labute approximate surface area is 122 Å². The Morgan fingerprint density at radius 3 is 2.81 bits per heavy atom.